The Morgan fingerprint density at radius 1 is 1.12 bits per heavy atom. The molecule has 2 heterocycles. The molecule has 2 aromatic heterocycles. The Balaban J connectivity index is 1.76. The van der Waals surface area contributed by atoms with Gasteiger partial charge in [0.2, 0.25) is 5.95 Å². The summed E-state index contributed by atoms with van der Waals surface area (Å²) < 4.78 is 1.12. The van der Waals surface area contributed by atoms with Crippen LogP contribution in [0.4, 0.5) is 5.95 Å². The third kappa shape index (κ3) is 2.26. The van der Waals surface area contributed by atoms with Gasteiger partial charge in [0, 0.05) is 6.54 Å². The molecule has 17 heavy (non-hydrogen) atoms. The highest BCUT2D eigenvalue weighted by atomic mass is 32.1. The van der Waals surface area contributed by atoms with Crippen LogP contribution in [0.3, 0.4) is 0 Å². The van der Waals surface area contributed by atoms with Crippen LogP contribution < -0.4 is 5.32 Å². The van der Waals surface area contributed by atoms with Crippen LogP contribution >= 0.6 is 11.3 Å². The Morgan fingerprint density at radius 3 is 2.88 bits per heavy atom. The van der Waals surface area contributed by atoms with Crippen LogP contribution in [0, 0.1) is 0 Å². The van der Waals surface area contributed by atoms with E-state index in [0.717, 1.165) is 16.8 Å². The van der Waals surface area contributed by atoms with E-state index in [1.807, 2.05) is 35.8 Å². The summed E-state index contributed by atoms with van der Waals surface area (Å²) in [5.41, 5.74) is 2.22. The Labute approximate surface area is 103 Å². The van der Waals surface area contributed by atoms with Gasteiger partial charge < -0.3 is 5.32 Å². The highest BCUT2D eigenvalue weighted by Crippen LogP contribution is 2.18. The summed E-state index contributed by atoms with van der Waals surface area (Å²) in [6.07, 6.45) is 1.86. The third-order valence-corrected chi connectivity index (χ3v) is 3.34. The molecule has 0 saturated carbocycles. The van der Waals surface area contributed by atoms with E-state index in [1.54, 1.807) is 11.3 Å². The molecule has 84 valence electrons. The van der Waals surface area contributed by atoms with Gasteiger partial charge in [0.15, 0.2) is 0 Å². The van der Waals surface area contributed by atoms with Crippen LogP contribution in [0.15, 0.2) is 48.0 Å². The van der Waals surface area contributed by atoms with Gasteiger partial charge in [-0.25, -0.2) is 9.97 Å². The summed E-state index contributed by atoms with van der Waals surface area (Å²) in [6, 6.07) is 12.2. The van der Waals surface area contributed by atoms with Crippen molar-refractivity contribution >= 4 is 27.5 Å². The lowest BCUT2D eigenvalue weighted by Gasteiger charge is -2.04. The van der Waals surface area contributed by atoms with E-state index in [0.29, 0.717) is 5.95 Å². The molecular formula is C13H11N3S. The summed E-state index contributed by atoms with van der Waals surface area (Å²) in [6.45, 7) is 0.747. The van der Waals surface area contributed by atoms with E-state index in [-0.39, 0.29) is 0 Å². The first-order chi connectivity index (χ1) is 8.42. The number of fused-ring (bicyclic) bond motifs is 1. The van der Waals surface area contributed by atoms with Crippen molar-refractivity contribution in [3.63, 3.8) is 0 Å². The SMILES string of the molecule is c1ccc(CNc2ncc3sccc3n2)cc1. The molecular weight excluding hydrogens is 230 g/mol. The van der Waals surface area contributed by atoms with Crippen molar-refractivity contribution in [2.45, 2.75) is 6.54 Å². The molecule has 0 unspecified atom stereocenters. The monoisotopic (exact) mass is 241 g/mol. The zero-order valence-corrected chi connectivity index (χ0v) is 9.95. The van der Waals surface area contributed by atoms with E-state index in [9.17, 15) is 0 Å². The Hall–Kier alpha value is -1.94. The molecule has 0 atom stereocenters. The van der Waals surface area contributed by atoms with Gasteiger partial charge in [-0.3, -0.25) is 0 Å². The van der Waals surface area contributed by atoms with Gasteiger partial charge in [0.25, 0.3) is 0 Å². The van der Waals surface area contributed by atoms with Crippen LogP contribution in [0.25, 0.3) is 10.2 Å². The predicted molar refractivity (Wildman–Crippen MR) is 71.2 cm³/mol. The molecule has 3 rings (SSSR count). The van der Waals surface area contributed by atoms with Crippen molar-refractivity contribution in [1.29, 1.82) is 0 Å². The minimum atomic E-state index is 0.680. The summed E-state index contributed by atoms with van der Waals surface area (Å²) in [5, 5.41) is 5.25. The normalized spacial score (nSPS) is 10.6. The number of hydrogen-bond donors (Lipinski definition) is 1. The fourth-order valence-electron chi connectivity index (χ4n) is 1.63. The van der Waals surface area contributed by atoms with E-state index in [1.165, 1.54) is 5.56 Å². The van der Waals surface area contributed by atoms with E-state index < -0.39 is 0 Å². The molecule has 0 fully saturated rings. The third-order valence-electron chi connectivity index (χ3n) is 2.50. The molecule has 3 aromatic rings. The zero-order valence-electron chi connectivity index (χ0n) is 9.13. The summed E-state index contributed by atoms with van der Waals surface area (Å²) in [4.78, 5) is 8.72. The maximum Gasteiger partial charge on any atom is 0.223 e. The van der Waals surface area contributed by atoms with Crippen LogP contribution in [0.5, 0.6) is 0 Å². The molecule has 1 N–H and O–H groups in total. The highest BCUT2D eigenvalue weighted by Gasteiger charge is 2.00. The van der Waals surface area contributed by atoms with Crippen molar-refractivity contribution < 1.29 is 0 Å². The Kier molecular flexibility index (Phi) is 2.71. The second kappa shape index (κ2) is 4.51. The zero-order chi connectivity index (χ0) is 11.5. The van der Waals surface area contributed by atoms with E-state index in [4.69, 9.17) is 0 Å². The molecule has 0 spiro atoms. The van der Waals surface area contributed by atoms with Crippen molar-refractivity contribution in [2.75, 3.05) is 5.32 Å². The highest BCUT2D eigenvalue weighted by molar-refractivity contribution is 7.17. The first-order valence-corrected chi connectivity index (χ1v) is 6.28. The summed E-state index contributed by atoms with van der Waals surface area (Å²) in [5.74, 6) is 0.680. The van der Waals surface area contributed by atoms with Gasteiger partial charge in [-0.05, 0) is 17.0 Å². The molecule has 0 radical (unpaired) electrons. The van der Waals surface area contributed by atoms with Crippen LogP contribution in [0.2, 0.25) is 0 Å². The standard InChI is InChI=1S/C13H11N3S/c1-2-4-10(5-3-1)8-14-13-15-9-12-11(16-13)6-7-17-12/h1-7,9H,8H2,(H,14,15,16). The first-order valence-electron chi connectivity index (χ1n) is 5.40. The average molecular weight is 241 g/mol. The number of hydrogen-bond acceptors (Lipinski definition) is 4. The van der Waals surface area contributed by atoms with Gasteiger partial charge in [-0.15, -0.1) is 11.3 Å². The number of nitrogens with one attached hydrogen (secondary N) is 1. The van der Waals surface area contributed by atoms with Crippen LogP contribution in [0.1, 0.15) is 5.56 Å². The second-order valence-electron chi connectivity index (χ2n) is 3.70. The van der Waals surface area contributed by atoms with Gasteiger partial charge in [-0.1, -0.05) is 30.3 Å². The van der Waals surface area contributed by atoms with Gasteiger partial charge in [0.1, 0.15) is 0 Å². The van der Waals surface area contributed by atoms with Gasteiger partial charge in [0.05, 0.1) is 16.4 Å². The molecule has 0 saturated heterocycles. The molecule has 0 aliphatic carbocycles. The van der Waals surface area contributed by atoms with Crippen molar-refractivity contribution in [3.05, 3.63) is 53.5 Å². The van der Waals surface area contributed by atoms with E-state index >= 15 is 0 Å². The summed E-state index contributed by atoms with van der Waals surface area (Å²) >= 11 is 1.66. The number of thiophene rings is 1. The lowest BCUT2D eigenvalue weighted by atomic mass is 10.2. The molecule has 0 amide bonds. The molecule has 0 bridgehead atoms. The number of benzene rings is 1. The van der Waals surface area contributed by atoms with Crippen molar-refractivity contribution in [3.8, 4) is 0 Å². The fourth-order valence-corrected chi connectivity index (χ4v) is 2.32. The molecule has 3 nitrogen and oxygen atoms in total. The van der Waals surface area contributed by atoms with Crippen molar-refractivity contribution in [2.24, 2.45) is 0 Å². The predicted octanol–water partition coefficient (Wildman–Crippen LogP) is 3.30. The lowest BCUT2D eigenvalue weighted by molar-refractivity contribution is 1.07. The molecule has 0 aliphatic heterocycles. The summed E-state index contributed by atoms with van der Waals surface area (Å²) in [7, 11) is 0. The van der Waals surface area contributed by atoms with Crippen LogP contribution in [-0.4, -0.2) is 9.97 Å². The van der Waals surface area contributed by atoms with E-state index in [2.05, 4.69) is 27.4 Å². The minimum absolute atomic E-state index is 0.680. The average Bonchev–Trinajstić information content (AvgIpc) is 2.85. The lowest BCUT2D eigenvalue weighted by Crippen LogP contribution is -2.02. The Morgan fingerprint density at radius 2 is 2.00 bits per heavy atom. The number of nitrogens with zero attached hydrogens (tertiary/aromatic N) is 2. The first kappa shape index (κ1) is 10.2. The van der Waals surface area contributed by atoms with Gasteiger partial charge >= 0.3 is 0 Å². The maximum atomic E-state index is 4.44. The molecule has 1 aromatic carbocycles. The topological polar surface area (TPSA) is 37.8 Å². The number of anilines is 1. The number of rotatable bonds is 3. The minimum Gasteiger partial charge on any atom is -0.350 e. The maximum absolute atomic E-state index is 4.44. The molecule has 0 aliphatic rings. The fraction of sp³-hybridized carbons (Fsp3) is 0.0769. The van der Waals surface area contributed by atoms with Crippen LogP contribution in [-0.2, 0) is 6.54 Å². The quantitative estimate of drug-likeness (QED) is 0.764. The Bertz CT molecular complexity index is 619. The largest absolute Gasteiger partial charge is 0.350 e. The van der Waals surface area contributed by atoms with Gasteiger partial charge in [-0.2, -0.15) is 0 Å². The second-order valence-corrected chi connectivity index (χ2v) is 4.65. The number of aromatic nitrogens is 2. The smallest absolute Gasteiger partial charge is 0.223 e. The molecule has 4 heteroatoms. The van der Waals surface area contributed by atoms with Crippen molar-refractivity contribution in [1.82, 2.24) is 9.97 Å².